The number of aliphatic hydroxyl groups is 1. The number of anilines is 5. The molecule has 1 unspecified atom stereocenters. The van der Waals surface area contributed by atoms with Crippen molar-refractivity contribution < 1.29 is 14.1 Å². The largest absolute Gasteiger partial charge is 0.393 e. The van der Waals surface area contributed by atoms with Gasteiger partial charge in [0.15, 0.2) is 5.82 Å². The standard InChI is InChI=1S/C23H26N6O3S2/c1-14-4-5-18-17(10-14)22(31)28(3)19-12-24-23(26-21(19)27(18)2)25-20-11-16(13-33-20)34(32)29-8-6-15(30)7-9-29/h4-5,10-13,15,30H,6-9H2,1-3H3,(H,24,25,26). The molecule has 2 N–H and O–H groups in total. The number of nitrogens with one attached hydrogen (secondary N) is 1. The summed E-state index contributed by atoms with van der Waals surface area (Å²) >= 11 is 1.43. The molecular formula is C23H26N6O3S2. The van der Waals surface area contributed by atoms with Crippen LogP contribution in [0.3, 0.4) is 0 Å². The molecule has 1 saturated heterocycles. The predicted molar refractivity (Wildman–Crippen MR) is 135 cm³/mol. The lowest BCUT2D eigenvalue weighted by atomic mass is 10.1. The predicted octanol–water partition coefficient (Wildman–Crippen LogP) is 3.43. The second-order valence-electron chi connectivity index (χ2n) is 8.53. The summed E-state index contributed by atoms with van der Waals surface area (Å²) in [6.45, 7) is 3.18. The minimum absolute atomic E-state index is 0.107. The SMILES string of the molecule is Cc1ccc2c(c1)C(=O)N(C)c1cnc(Nc3cc(S(=O)N4CCC(O)CC4)cs3)nc1N2C. The zero-order valence-corrected chi connectivity index (χ0v) is 20.8. The highest BCUT2D eigenvalue weighted by Gasteiger charge is 2.29. The Morgan fingerprint density at radius 1 is 1.15 bits per heavy atom. The molecular weight excluding hydrogens is 472 g/mol. The zero-order valence-electron chi connectivity index (χ0n) is 19.2. The first-order valence-corrected chi connectivity index (χ1v) is 13.0. The molecule has 1 amide bonds. The molecule has 0 aliphatic carbocycles. The summed E-state index contributed by atoms with van der Waals surface area (Å²) in [7, 11) is 2.34. The van der Waals surface area contributed by atoms with Gasteiger partial charge in [-0.05, 0) is 38.0 Å². The van der Waals surface area contributed by atoms with Crippen molar-refractivity contribution in [2.75, 3.05) is 42.3 Å². The van der Waals surface area contributed by atoms with Crippen molar-refractivity contribution in [1.82, 2.24) is 14.3 Å². The van der Waals surface area contributed by atoms with Crippen molar-refractivity contribution in [3.63, 3.8) is 0 Å². The third-order valence-electron chi connectivity index (χ3n) is 6.15. The maximum absolute atomic E-state index is 13.1. The Hall–Kier alpha value is -2.86. The molecule has 2 aromatic heterocycles. The van der Waals surface area contributed by atoms with Gasteiger partial charge in [-0.1, -0.05) is 11.6 Å². The summed E-state index contributed by atoms with van der Waals surface area (Å²) < 4.78 is 14.8. The number of nitrogens with zero attached hydrogens (tertiary/aromatic N) is 5. The molecule has 11 heteroatoms. The quantitative estimate of drug-likeness (QED) is 0.568. The van der Waals surface area contributed by atoms with Crippen LogP contribution in [-0.4, -0.2) is 62.8 Å². The summed E-state index contributed by atoms with van der Waals surface area (Å²) in [6.07, 6.45) is 2.61. The number of amides is 1. The maximum Gasteiger partial charge on any atom is 0.260 e. The normalized spacial score (nSPS) is 17.8. The van der Waals surface area contributed by atoms with Gasteiger partial charge in [-0.25, -0.2) is 13.5 Å². The number of hydrogen-bond acceptors (Lipinski definition) is 8. The van der Waals surface area contributed by atoms with Crippen molar-refractivity contribution in [3.05, 3.63) is 47.0 Å². The van der Waals surface area contributed by atoms with E-state index in [1.54, 1.807) is 18.1 Å². The molecule has 5 rings (SSSR count). The minimum Gasteiger partial charge on any atom is -0.393 e. The Bertz CT molecular complexity index is 1270. The van der Waals surface area contributed by atoms with Crippen LogP contribution in [0.2, 0.25) is 0 Å². The number of aryl methyl sites for hydroxylation is 1. The number of hydrogen-bond donors (Lipinski definition) is 2. The van der Waals surface area contributed by atoms with Gasteiger partial charge in [-0.15, -0.1) is 11.3 Å². The highest BCUT2D eigenvalue weighted by Crippen LogP contribution is 2.38. The van der Waals surface area contributed by atoms with E-state index in [0.29, 0.717) is 53.8 Å². The molecule has 9 nitrogen and oxygen atoms in total. The summed E-state index contributed by atoms with van der Waals surface area (Å²) in [5, 5.41) is 15.5. The molecule has 0 bridgehead atoms. The van der Waals surface area contributed by atoms with Crippen LogP contribution in [0.1, 0.15) is 28.8 Å². The number of thiophene rings is 1. The van der Waals surface area contributed by atoms with Gasteiger partial charge in [-0.3, -0.25) is 4.79 Å². The van der Waals surface area contributed by atoms with Crippen LogP contribution in [-0.2, 0) is 11.0 Å². The fraction of sp³-hybridized carbons (Fsp3) is 0.348. The number of rotatable bonds is 4. The number of carbonyl (C=O) groups excluding carboxylic acids is 1. The Balaban J connectivity index is 1.40. The maximum atomic E-state index is 13.1. The van der Waals surface area contributed by atoms with E-state index in [-0.39, 0.29) is 12.0 Å². The Morgan fingerprint density at radius 2 is 1.91 bits per heavy atom. The van der Waals surface area contributed by atoms with Gasteiger partial charge < -0.3 is 20.2 Å². The van der Waals surface area contributed by atoms with Crippen molar-refractivity contribution in [2.24, 2.45) is 0 Å². The van der Waals surface area contributed by atoms with Crippen molar-refractivity contribution in [1.29, 1.82) is 0 Å². The number of benzene rings is 1. The molecule has 2 aliphatic rings. The molecule has 1 fully saturated rings. The van der Waals surface area contributed by atoms with Crippen LogP contribution in [0.4, 0.5) is 28.1 Å². The molecule has 4 heterocycles. The topological polar surface area (TPSA) is 102 Å². The molecule has 3 aromatic rings. The smallest absolute Gasteiger partial charge is 0.260 e. The van der Waals surface area contributed by atoms with E-state index in [2.05, 4.69) is 10.3 Å². The molecule has 178 valence electrons. The van der Waals surface area contributed by atoms with Crippen molar-refractivity contribution in [2.45, 2.75) is 30.8 Å². The van der Waals surface area contributed by atoms with Gasteiger partial charge in [0, 0.05) is 32.6 Å². The third-order valence-corrected chi connectivity index (χ3v) is 8.62. The lowest BCUT2D eigenvalue weighted by Crippen LogP contribution is -2.36. The monoisotopic (exact) mass is 498 g/mol. The number of carbonyl (C=O) groups is 1. The zero-order chi connectivity index (χ0) is 24.0. The van der Waals surface area contributed by atoms with E-state index in [0.717, 1.165) is 16.3 Å². The summed E-state index contributed by atoms with van der Waals surface area (Å²) in [4.78, 5) is 26.4. The molecule has 0 spiro atoms. The fourth-order valence-corrected chi connectivity index (χ4v) is 6.43. The lowest BCUT2D eigenvalue weighted by Gasteiger charge is -2.27. The lowest BCUT2D eigenvalue weighted by molar-refractivity contribution is 0.0994. The first kappa shape index (κ1) is 22.9. The Kier molecular flexibility index (Phi) is 6.11. The van der Waals surface area contributed by atoms with Crippen LogP contribution in [0.15, 0.2) is 40.7 Å². The number of fused-ring (bicyclic) bond motifs is 2. The Morgan fingerprint density at radius 3 is 2.68 bits per heavy atom. The summed E-state index contributed by atoms with van der Waals surface area (Å²) in [5.41, 5.74) is 3.03. The van der Waals surface area contributed by atoms with Gasteiger partial charge in [0.05, 0.1) is 33.4 Å². The van der Waals surface area contributed by atoms with E-state index in [4.69, 9.17) is 4.98 Å². The first-order valence-electron chi connectivity index (χ1n) is 11.0. The van der Waals surface area contributed by atoms with Gasteiger partial charge in [-0.2, -0.15) is 4.98 Å². The fourth-order valence-electron chi connectivity index (χ4n) is 4.17. The minimum atomic E-state index is -1.27. The van der Waals surface area contributed by atoms with E-state index in [1.807, 2.05) is 52.8 Å². The highest BCUT2D eigenvalue weighted by atomic mass is 32.2. The molecule has 34 heavy (non-hydrogen) atoms. The average molecular weight is 499 g/mol. The van der Waals surface area contributed by atoms with Crippen LogP contribution in [0.5, 0.6) is 0 Å². The van der Waals surface area contributed by atoms with Crippen LogP contribution < -0.4 is 15.1 Å². The van der Waals surface area contributed by atoms with E-state index in [1.165, 1.54) is 11.3 Å². The Labute approximate surface area is 204 Å². The van der Waals surface area contributed by atoms with Gasteiger partial charge in [0.2, 0.25) is 5.95 Å². The summed E-state index contributed by atoms with van der Waals surface area (Å²) in [5.74, 6) is 0.898. The molecule has 1 aromatic carbocycles. The molecule has 2 aliphatic heterocycles. The highest BCUT2D eigenvalue weighted by molar-refractivity contribution is 7.82. The van der Waals surface area contributed by atoms with Gasteiger partial charge in [0.1, 0.15) is 16.7 Å². The number of piperidine rings is 1. The van der Waals surface area contributed by atoms with Crippen LogP contribution >= 0.6 is 11.3 Å². The van der Waals surface area contributed by atoms with Crippen molar-refractivity contribution >= 4 is 56.4 Å². The molecule has 0 saturated carbocycles. The number of aromatic nitrogens is 2. The molecule has 0 radical (unpaired) electrons. The summed E-state index contributed by atoms with van der Waals surface area (Å²) in [6, 6.07) is 7.64. The third kappa shape index (κ3) is 4.20. The first-order chi connectivity index (χ1) is 16.3. The van der Waals surface area contributed by atoms with E-state index < -0.39 is 11.0 Å². The van der Waals surface area contributed by atoms with E-state index >= 15 is 0 Å². The second-order valence-corrected chi connectivity index (χ2v) is 10.9. The van der Waals surface area contributed by atoms with Gasteiger partial charge in [0.25, 0.3) is 5.91 Å². The van der Waals surface area contributed by atoms with Crippen LogP contribution in [0.25, 0.3) is 0 Å². The second kappa shape index (κ2) is 9.06. The van der Waals surface area contributed by atoms with E-state index in [9.17, 15) is 14.1 Å². The van der Waals surface area contributed by atoms with Crippen molar-refractivity contribution in [3.8, 4) is 0 Å². The molecule has 1 atom stereocenters. The average Bonchev–Trinajstić information content (AvgIpc) is 3.28. The van der Waals surface area contributed by atoms with Gasteiger partial charge >= 0.3 is 0 Å². The number of aliphatic hydroxyl groups excluding tert-OH is 1. The van der Waals surface area contributed by atoms with Crippen LogP contribution in [0, 0.1) is 6.92 Å².